The fraction of sp³-hybridized carbons (Fsp3) is 0.462. The standard InChI is InChI=1S/C13H18ClNO3/c1-7(2)8-5-12(18-3)9(4-11(8)14)10(6-15)13(16)17/h4-5,7,10H,6,15H2,1-3H3,(H,16,17). The zero-order valence-corrected chi connectivity index (χ0v) is 11.5. The van der Waals surface area contributed by atoms with Gasteiger partial charge in [0.05, 0.1) is 13.0 Å². The third kappa shape index (κ3) is 2.94. The first-order valence-corrected chi connectivity index (χ1v) is 6.10. The number of aliphatic carboxylic acids is 1. The van der Waals surface area contributed by atoms with E-state index in [1.54, 1.807) is 12.1 Å². The van der Waals surface area contributed by atoms with E-state index in [2.05, 4.69) is 0 Å². The van der Waals surface area contributed by atoms with Crippen molar-refractivity contribution in [2.75, 3.05) is 13.7 Å². The van der Waals surface area contributed by atoms with Crippen LogP contribution in [0.3, 0.4) is 0 Å². The smallest absolute Gasteiger partial charge is 0.312 e. The summed E-state index contributed by atoms with van der Waals surface area (Å²) in [6.07, 6.45) is 0. The summed E-state index contributed by atoms with van der Waals surface area (Å²) >= 11 is 6.17. The predicted molar refractivity (Wildman–Crippen MR) is 71.5 cm³/mol. The van der Waals surface area contributed by atoms with Crippen LogP contribution >= 0.6 is 11.6 Å². The molecule has 0 aliphatic carbocycles. The molecule has 1 atom stereocenters. The fourth-order valence-electron chi connectivity index (χ4n) is 1.84. The van der Waals surface area contributed by atoms with Crippen LogP contribution in [0.2, 0.25) is 5.02 Å². The number of halogens is 1. The van der Waals surface area contributed by atoms with Gasteiger partial charge < -0.3 is 15.6 Å². The van der Waals surface area contributed by atoms with E-state index in [-0.39, 0.29) is 12.5 Å². The molecule has 0 aliphatic heterocycles. The molecule has 3 N–H and O–H groups in total. The Bertz CT molecular complexity index is 446. The zero-order chi connectivity index (χ0) is 13.9. The molecule has 5 heteroatoms. The van der Waals surface area contributed by atoms with E-state index in [9.17, 15) is 4.79 Å². The second kappa shape index (κ2) is 6.07. The van der Waals surface area contributed by atoms with Crippen molar-refractivity contribution in [1.29, 1.82) is 0 Å². The molecule has 1 aromatic carbocycles. The van der Waals surface area contributed by atoms with E-state index in [4.69, 9.17) is 27.2 Å². The van der Waals surface area contributed by atoms with Gasteiger partial charge in [0, 0.05) is 17.1 Å². The van der Waals surface area contributed by atoms with Gasteiger partial charge in [-0.15, -0.1) is 0 Å². The second-order valence-electron chi connectivity index (χ2n) is 4.40. The molecule has 0 saturated heterocycles. The summed E-state index contributed by atoms with van der Waals surface area (Å²) < 4.78 is 5.25. The SMILES string of the molecule is COc1cc(C(C)C)c(Cl)cc1C(CN)C(=O)O. The molecule has 0 saturated carbocycles. The van der Waals surface area contributed by atoms with Gasteiger partial charge in [0.1, 0.15) is 5.75 Å². The molecule has 1 rings (SSSR count). The van der Waals surface area contributed by atoms with Crippen LogP contribution in [-0.2, 0) is 4.79 Å². The lowest BCUT2D eigenvalue weighted by molar-refractivity contribution is -0.138. The second-order valence-corrected chi connectivity index (χ2v) is 4.80. The van der Waals surface area contributed by atoms with Crippen molar-refractivity contribution in [3.05, 3.63) is 28.3 Å². The summed E-state index contributed by atoms with van der Waals surface area (Å²) in [5, 5.41) is 9.68. The first-order valence-electron chi connectivity index (χ1n) is 5.72. The van der Waals surface area contributed by atoms with Crippen LogP contribution in [-0.4, -0.2) is 24.7 Å². The molecule has 0 fully saturated rings. The molecule has 1 unspecified atom stereocenters. The number of carboxylic acids is 1. The van der Waals surface area contributed by atoms with Crippen LogP contribution in [0.25, 0.3) is 0 Å². The highest BCUT2D eigenvalue weighted by Gasteiger charge is 2.23. The Balaban J connectivity index is 3.36. The molecule has 0 aromatic heterocycles. The minimum Gasteiger partial charge on any atom is -0.496 e. The van der Waals surface area contributed by atoms with Gasteiger partial charge >= 0.3 is 5.97 Å². The van der Waals surface area contributed by atoms with Gasteiger partial charge in [-0.05, 0) is 23.6 Å². The highest BCUT2D eigenvalue weighted by molar-refractivity contribution is 6.31. The highest BCUT2D eigenvalue weighted by atomic mass is 35.5. The Morgan fingerprint density at radius 1 is 1.44 bits per heavy atom. The molecule has 0 aliphatic rings. The number of methoxy groups -OCH3 is 1. The Labute approximate surface area is 112 Å². The molecule has 18 heavy (non-hydrogen) atoms. The Hall–Kier alpha value is -1.26. The van der Waals surface area contributed by atoms with Crippen molar-refractivity contribution in [2.45, 2.75) is 25.7 Å². The van der Waals surface area contributed by atoms with Gasteiger partial charge in [-0.1, -0.05) is 25.4 Å². The Morgan fingerprint density at radius 3 is 2.44 bits per heavy atom. The molecule has 0 spiro atoms. The van der Waals surface area contributed by atoms with Crippen molar-refractivity contribution in [1.82, 2.24) is 0 Å². The number of ether oxygens (including phenoxy) is 1. The normalized spacial score (nSPS) is 12.6. The third-order valence-corrected chi connectivity index (χ3v) is 3.21. The van der Waals surface area contributed by atoms with E-state index in [0.717, 1.165) is 5.56 Å². The third-order valence-electron chi connectivity index (χ3n) is 2.88. The summed E-state index contributed by atoms with van der Waals surface area (Å²) in [4.78, 5) is 11.2. The summed E-state index contributed by atoms with van der Waals surface area (Å²) in [6, 6.07) is 3.43. The first kappa shape index (κ1) is 14.8. The van der Waals surface area contributed by atoms with E-state index in [1.807, 2.05) is 13.8 Å². The number of hydrogen-bond acceptors (Lipinski definition) is 3. The van der Waals surface area contributed by atoms with Gasteiger partial charge in [0.15, 0.2) is 0 Å². The van der Waals surface area contributed by atoms with Crippen molar-refractivity contribution < 1.29 is 14.6 Å². The van der Waals surface area contributed by atoms with Gasteiger partial charge in [-0.25, -0.2) is 0 Å². The Kier molecular flexibility index (Phi) is 4.99. The minimum absolute atomic E-state index is 0.00302. The molecule has 1 aromatic rings. The largest absolute Gasteiger partial charge is 0.496 e. The molecule has 4 nitrogen and oxygen atoms in total. The highest BCUT2D eigenvalue weighted by Crippen LogP contribution is 2.35. The van der Waals surface area contributed by atoms with Crippen LogP contribution < -0.4 is 10.5 Å². The lowest BCUT2D eigenvalue weighted by Crippen LogP contribution is -2.22. The predicted octanol–water partition coefficient (Wildman–Crippen LogP) is 2.60. The number of nitrogens with two attached hydrogens (primary N) is 1. The van der Waals surface area contributed by atoms with E-state index in [1.165, 1.54) is 7.11 Å². The quantitative estimate of drug-likeness (QED) is 0.863. The molecule has 0 amide bonds. The van der Waals surface area contributed by atoms with E-state index in [0.29, 0.717) is 16.3 Å². The first-order chi connectivity index (χ1) is 8.42. The van der Waals surface area contributed by atoms with E-state index >= 15 is 0 Å². The van der Waals surface area contributed by atoms with Gasteiger partial charge in [-0.3, -0.25) is 4.79 Å². The monoisotopic (exact) mass is 271 g/mol. The number of carbonyl (C=O) groups is 1. The maximum atomic E-state index is 11.2. The van der Waals surface area contributed by atoms with Crippen LogP contribution in [0.15, 0.2) is 12.1 Å². The molecular formula is C13H18ClNO3. The number of benzene rings is 1. The van der Waals surface area contributed by atoms with Crippen LogP contribution in [0.5, 0.6) is 5.75 Å². The maximum absolute atomic E-state index is 11.2. The summed E-state index contributed by atoms with van der Waals surface area (Å²) in [5.41, 5.74) is 6.94. The molecule has 0 heterocycles. The summed E-state index contributed by atoms with van der Waals surface area (Å²) in [5.74, 6) is -1.04. The average molecular weight is 272 g/mol. The molecule has 0 radical (unpaired) electrons. The van der Waals surface area contributed by atoms with Gasteiger partial charge in [-0.2, -0.15) is 0 Å². The van der Waals surface area contributed by atoms with Crippen molar-refractivity contribution in [2.24, 2.45) is 5.73 Å². The van der Waals surface area contributed by atoms with Crippen molar-refractivity contribution >= 4 is 17.6 Å². The van der Waals surface area contributed by atoms with Crippen LogP contribution in [0.4, 0.5) is 0 Å². The maximum Gasteiger partial charge on any atom is 0.312 e. The summed E-state index contributed by atoms with van der Waals surface area (Å²) in [6.45, 7) is 4.03. The van der Waals surface area contributed by atoms with Crippen molar-refractivity contribution in [3.63, 3.8) is 0 Å². The molecule has 0 bridgehead atoms. The average Bonchev–Trinajstić information content (AvgIpc) is 2.29. The molecule has 100 valence electrons. The number of hydrogen-bond donors (Lipinski definition) is 2. The lowest BCUT2D eigenvalue weighted by atomic mass is 9.94. The summed E-state index contributed by atoms with van der Waals surface area (Å²) in [7, 11) is 1.51. The van der Waals surface area contributed by atoms with Crippen LogP contribution in [0, 0.1) is 0 Å². The minimum atomic E-state index is -0.982. The van der Waals surface area contributed by atoms with Gasteiger partial charge in [0.25, 0.3) is 0 Å². The van der Waals surface area contributed by atoms with Crippen LogP contribution in [0.1, 0.15) is 36.8 Å². The number of carboxylic acid groups (broad SMARTS) is 1. The Morgan fingerprint density at radius 2 is 2.06 bits per heavy atom. The topological polar surface area (TPSA) is 72.5 Å². The fourth-order valence-corrected chi connectivity index (χ4v) is 2.23. The van der Waals surface area contributed by atoms with Gasteiger partial charge in [0.2, 0.25) is 0 Å². The van der Waals surface area contributed by atoms with E-state index < -0.39 is 11.9 Å². The lowest BCUT2D eigenvalue weighted by Gasteiger charge is -2.18. The number of rotatable bonds is 5. The zero-order valence-electron chi connectivity index (χ0n) is 10.7. The van der Waals surface area contributed by atoms with Crippen molar-refractivity contribution in [3.8, 4) is 5.75 Å². The molecular weight excluding hydrogens is 254 g/mol.